The zero-order chi connectivity index (χ0) is 23.7. The first-order valence-corrected chi connectivity index (χ1v) is 11.5. The van der Waals surface area contributed by atoms with E-state index in [9.17, 15) is 14.7 Å². The van der Waals surface area contributed by atoms with Crippen LogP contribution in [0.15, 0.2) is 42.7 Å². The molecule has 1 unspecified atom stereocenters. The Kier molecular flexibility index (Phi) is 5.82. The summed E-state index contributed by atoms with van der Waals surface area (Å²) in [5.74, 6) is -1.05. The molecule has 3 heterocycles. The van der Waals surface area contributed by atoms with E-state index in [0.29, 0.717) is 37.7 Å². The van der Waals surface area contributed by atoms with Gasteiger partial charge >= 0.3 is 5.97 Å². The number of aliphatic carboxylic acids is 1. The maximum absolute atomic E-state index is 12.2. The monoisotopic (exact) mass is 464 g/mol. The number of anilines is 3. The van der Waals surface area contributed by atoms with Gasteiger partial charge < -0.3 is 30.4 Å². The average Bonchev–Trinajstić information content (AvgIpc) is 3.21. The van der Waals surface area contributed by atoms with Gasteiger partial charge in [0.1, 0.15) is 5.65 Å². The Hall–Kier alpha value is -3.66. The first kappa shape index (κ1) is 22.1. The molecule has 1 aliphatic carbocycles. The Morgan fingerprint density at radius 3 is 2.71 bits per heavy atom. The summed E-state index contributed by atoms with van der Waals surface area (Å²) < 4.78 is 7.22. The van der Waals surface area contributed by atoms with Gasteiger partial charge in [0.2, 0.25) is 11.9 Å². The molecule has 0 bridgehead atoms. The molecule has 1 amide bonds. The predicted octanol–water partition coefficient (Wildman–Crippen LogP) is 2.68. The molecule has 5 rings (SSSR count). The number of nitrogens with two attached hydrogens (primary N) is 1. The summed E-state index contributed by atoms with van der Waals surface area (Å²) in [4.78, 5) is 35.5. The molecule has 2 fully saturated rings. The van der Waals surface area contributed by atoms with Gasteiger partial charge in [-0.1, -0.05) is 12.5 Å². The molecule has 10 nitrogen and oxygen atoms in total. The van der Waals surface area contributed by atoms with Crippen LogP contribution in [-0.2, 0) is 14.3 Å². The minimum atomic E-state index is -1.02. The van der Waals surface area contributed by atoms with E-state index in [1.165, 1.54) is 0 Å². The van der Waals surface area contributed by atoms with E-state index in [2.05, 4.69) is 21.3 Å². The average molecular weight is 465 g/mol. The van der Waals surface area contributed by atoms with Gasteiger partial charge in [-0.2, -0.15) is 4.98 Å². The first-order chi connectivity index (χ1) is 16.5. The summed E-state index contributed by atoms with van der Waals surface area (Å²) >= 11 is 0. The topological polar surface area (TPSA) is 136 Å². The van der Waals surface area contributed by atoms with Gasteiger partial charge in [-0.3, -0.25) is 9.59 Å². The lowest BCUT2D eigenvalue weighted by molar-refractivity contribution is -0.159. The van der Waals surface area contributed by atoms with Crippen LogP contribution in [0.4, 0.5) is 17.3 Å². The van der Waals surface area contributed by atoms with E-state index in [1.807, 2.05) is 24.3 Å². The van der Waals surface area contributed by atoms with Gasteiger partial charge in [-0.05, 0) is 37.1 Å². The molecular formula is C24H28N6O4. The molecular weight excluding hydrogens is 436 g/mol. The highest BCUT2D eigenvalue weighted by Gasteiger charge is 2.52. The second-order valence-corrected chi connectivity index (χ2v) is 8.97. The molecule has 1 aromatic carbocycles. The smallest absolute Gasteiger partial charge is 0.311 e. The Bertz CT molecular complexity index is 1220. The maximum Gasteiger partial charge on any atom is 0.311 e. The number of hydrogen-bond acceptors (Lipinski definition) is 7. The zero-order valence-corrected chi connectivity index (χ0v) is 18.8. The second-order valence-electron chi connectivity index (χ2n) is 8.97. The standard InChI is InChI=1S/C24H28N6O4/c25-20(31)14-19(24(22(32)33)6-2-7-24)30-8-5-16-15-26-23(28-21(16)30)27-17-3-1-4-18(13-17)29-9-11-34-12-10-29/h1,3-5,8,13,15,19H,2,6-7,9-12,14H2,(H2,25,31)(H,32,33)(H,26,27,28). The maximum atomic E-state index is 12.2. The molecule has 2 aliphatic rings. The number of rotatable bonds is 8. The number of hydrogen-bond donors (Lipinski definition) is 3. The van der Waals surface area contributed by atoms with Crippen molar-refractivity contribution in [1.29, 1.82) is 0 Å². The number of carboxylic acid groups (broad SMARTS) is 1. The predicted molar refractivity (Wildman–Crippen MR) is 127 cm³/mol. The molecule has 34 heavy (non-hydrogen) atoms. The molecule has 1 saturated carbocycles. The summed E-state index contributed by atoms with van der Waals surface area (Å²) in [5, 5.41) is 14.0. The van der Waals surface area contributed by atoms with E-state index in [1.54, 1.807) is 17.0 Å². The number of aromatic nitrogens is 3. The van der Waals surface area contributed by atoms with Gasteiger partial charge in [0.25, 0.3) is 0 Å². The van der Waals surface area contributed by atoms with Crippen LogP contribution in [0, 0.1) is 5.41 Å². The van der Waals surface area contributed by atoms with Gasteiger partial charge in [0.15, 0.2) is 0 Å². The fourth-order valence-corrected chi connectivity index (χ4v) is 4.98. The van der Waals surface area contributed by atoms with Crippen LogP contribution >= 0.6 is 0 Å². The normalized spacial score (nSPS) is 18.3. The van der Waals surface area contributed by atoms with Crippen LogP contribution < -0.4 is 16.0 Å². The van der Waals surface area contributed by atoms with Crippen molar-refractivity contribution in [3.8, 4) is 0 Å². The molecule has 10 heteroatoms. The van der Waals surface area contributed by atoms with E-state index in [4.69, 9.17) is 15.5 Å². The number of morpholine rings is 1. The highest BCUT2D eigenvalue weighted by molar-refractivity contribution is 5.82. The Morgan fingerprint density at radius 1 is 1.24 bits per heavy atom. The van der Waals surface area contributed by atoms with E-state index >= 15 is 0 Å². The lowest BCUT2D eigenvalue weighted by atomic mass is 9.63. The van der Waals surface area contributed by atoms with E-state index in [0.717, 1.165) is 36.3 Å². The van der Waals surface area contributed by atoms with Crippen molar-refractivity contribution < 1.29 is 19.4 Å². The van der Waals surface area contributed by atoms with Gasteiger partial charge in [0, 0.05) is 48.7 Å². The third kappa shape index (κ3) is 4.05. The number of amides is 1. The number of primary amides is 1. The molecule has 178 valence electrons. The number of nitrogens with one attached hydrogen (secondary N) is 1. The molecule has 0 radical (unpaired) electrons. The fraction of sp³-hybridized carbons (Fsp3) is 0.417. The molecule has 4 N–H and O–H groups in total. The number of carboxylic acids is 1. The highest BCUT2D eigenvalue weighted by atomic mass is 16.5. The van der Waals surface area contributed by atoms with E-state index in [-0.39, 0.29) is 6.42 Å². The van der Waals surface area contributed by atoms with Crippen LogP contribution in [-0.4, -0.2) is 57.8 Å². The molecule has 1 saturated heterocycles. The van der Waals surface area contributed by atoms with Crippen LogP contribution in [0.25, 0.3) is 11.0 Å². The largest absolute Gasteiger partial charge is 0.481 e. The van der Waals surface area contributed by atoms with Crippen molar-refractivity contribution in [2.24, 2.45) is 11.1 Å². The van der Waals surface area contributed by atoms with Crippen molar-refractivity contribution in [1.82, 2.24) is 14.5 Å². The van der Waals surface area contributed by atoms with Crippen molar-refractivity contribution in [3.05, 3.63) is 42.7 Å². The minimum absolute atomic E-state index is 0.0650. The minimum Gasteiger partial charge on any atom is -0.481 e. The number of benzene rings is 1. The quantitative estimate of drug-likeness (QED) is 0.463. The fourth-order valence-electron chi connectivity index (χ4n) is 4.98. The van der Waals surface area contributed by atoms with Crippen molar-refractivity contribution in [3.63, 3.8) is 0 Å². The summed E-state index contributed by atoms with van der Waals surface area (Å²) in [6.45, 7) is 3.09. The van der Waals surface area contributed by atoms with Gasteiger partial charge in [-0.15, -0.1) is 0 Å². The molecule has 2 aromatic heterocycles. The lowest BCUT2D eigenvalue weighted by Crippen LogP contribution is -2.46. The number of ether oxygens (including phenoxy) is 1. The zero-order valence-electron chi connectivity index (χ0n) is 18.8. The van der Waals surface area contributed by atoms with Crippen molar-refractivity contribution in [2.75, 3.05) is 36.5 Å². The molecule has 1 atom stereocenters. The molecule has 3 aromatic rings. The van der Waals surface area contributed by atoms with Crippen LogP contribution in [0.5, 0.6) is 0 Å². The van der Waals surface area contributed by atoms with Crippen LogP contribution in [0.1, 0.15) is 31.7 Å². The summed E-state index contributed by atoms with van der Waals surface area (Å²) in [7, 11) is 0. The third-order valence-electron chi connectivity index (χ3n) is 6.97. The number of carbonyl (C=O) groups excluding carboxylic acids is 1. The van der Waals surface area contributed by atoms with Gasteiger partial charge in [0.05, 0.1) is 24.7 Å². The molecule has 0 spiro atoms. The third-order valence-corrected chi connectivity index (χ3v) is 6.97. The van der Waals surface area contributed by atoms with E-state index < -0.39 is 23.3 Å². The Balaban J connectivity index is 1.46. The van der Waals surface area contributed by atoms with Crippen LogP contribution in [0.2, 0.25) is 0 Å². The summed E-state index contributed by atoms with van der Waals surface area (Å²) in [6.07, 6.45) is 5.22. The number of nitrogens with zero attached hydrogens (tertiary/aromatic N) is 4. The second kappa shape index (κ2) is 8.94. The SMILES string of the molecule is NC(=O)CC(n1ccc2cnc(Nc3cccc(N4CCOCC4)c3)nc21)C1(C(=O)O)CCC1. The lowest BCUT2D eigenvalue weighted by Gasteiger charge is -2.44. The number of carbonyl (C=O) groups is 2. The first-order valence-electron chi connectivity index (χ1n) is 11.5. The number of fused-ring (bicyclic) bond motifs is 1. The Labute approximate surface area is 196 Å². The van der Waals surface area contributed by atoms with Crippen LogP contribution in [0.3, 0.4) is 0 Å². The summed E-state index contributed by atoms with van der Waals surface area (Å²) in [5.41, 5.74) is 7.01. The highest BCUT2D eigenvalue weighted by Crippen LogP contribution is 2.51. The molecule has 1 aliphatic heterocycles. The Morgan fingerprint density at radius 2 is 2.03 bits per heavy atom. The van der Waals surface area contributed by atoms with Crippen molar-refractivity contribution in [2.45, 2.75) is 31.7 Å². The van der Waals surface area contributed by atoms with Crippen molar-refractivity contribution >= 4 is 40.2 Å². The summed E-state index contributed by atoms with van der Waals surface area (Å²) in [6, 6.07) is 9.25. The van der Waals surface area contributed by atoms with Gasteiger partial charge in [-0.25, -0.2) is 4.98 Å².